The minimum Gasteiger partial charge on any atom is -0.397 e. The van der Waals surface area contributed by atoms with Gasteiger partial charge in [0.25, 0.3) is 0 Å². The first-order valence-corrected chi connectivity index (χ1v) is 6.89. The van der Waals surface area contributed by atoms with E-state index in [0.717, 1.165) is 22.4 Å². The van der Waals surface area contributed by atoms with Gasteiger partial charge in [0.2, 0.25) is 0 Å². The Kier molecular flexibility index (Phi) is 4.48. The summed E-state index contributed by atoms with van der Waals surface area (Å²) >= 11 is 1.78. The van der Waals surface area contributed by atoms with Crippen LogP contribution in [0.1, 0.15) is 19.3 Å². The van der Waals surface area contributed by atoms with Gasteiger partial charge in [-0.05, 0) is 56.2 Å². The van der Waals surface area contributed by atoms with Crippen LogP contribution in [0, 0.1) is 5.92 Å². The number of aromatic nitrogens is 1. The van der Waals surface area contributed by atoms with Crippen molar-refractivity contribution in [3.8, 4) is 0 Å². The number of pyridine rings is 1. The molecule has 1 aliphatic rings. The summed E-state index contributed by atoms with van der Waals surface area (Å²) in [6.45, 7) is 2.36. The number of nitrogen functional groups attached to an aromatic ring is 1. The Morgan fingerprint density at radius 2 is 2.25 bits per heavy atom. The average molecular weight is 237 g/mol. The highest BCUT2D eigenvalue weighted by atomic mass is 32.2. The first-order valence-electron chi connectivity index (χ1n) is 5.90. The van der Waals surface area contributed by atoms with E-state index in [-0.39, 0.29) is 0 Å². The lowest BCUT2D eigenvalue weighted by Gasteiger charge is -2.22. The standard InChI is InChI=1S/C12H19N3S/c13-11-2-1-6-15-12(11)16-9-5-10-3-7-14-8-4-10/h1-2,6,10,14H,3-5,7-9,13H2. The first kappa shape index (κ1) is 11.7. The third-order valence-corrected chi connectivity index (χ3v) is 4.08. The van der Waals surface area contributed by atoms with Crippen LogP contribution in [0.25, 0.3) is 0 Å². The molecule has 88 valence electrons. The summed E-state index contributed by atoms with van der Waals surface area (Å²) in [4.78, 5) is 4.29. The second-order valence-electron chi connectivity index (χ2n) is 4.23. The molecule has 0 saturated carbocycles. The number of thioether (sulfide) groups is 1. The lowest BCUT2D eigenvalue weighted by atomic mass is 9.96. The fourth-order valence-electron chi connectivity index (χ4n) is 2.02. The smallest absolute Gasteiger partial charge is 0.119 e. The van der Waals surface area contributed by atoms with E-state index in [0.29, 0.717) is 0 Å². The van der Waals surface area contributed by atoms with E-state index in [9.17, 15) is 0 Å². The molecule has 0 atom stereocenters. The molecular formula is C12H19N3S. The summed E-state index contributed by atoms with van der Waals surface area (Å²) in [6, 6.07) is 3.80. The van der Waals surface area contributed by atoms with Crippen LogP contribution < -0.4 is 11.1 Å². The molecule has 0 bridgehead atoms. The number of nitrogens with zero attached hydrogens (tertiary/aromatic N) is 1. The third-order valence-electron chi connectivity index (χ3n) is 3.02. The molecule has 0 spiro atoms. The summed E-state index contributed by atoms with van der Waals surface area (Å²) in [5.74, 6) is 2.02. The van der Waals surface area contributed by atoms with Crippen LogP contribution in [-0.2, 0) is 0 Å². The summed E-state index contributed by atoms with van der Waals surface area (Å²) in [6.07, 6.45) is 5.72. The van der Waals surface area contributed by atoms with Crippen molar-refractivity contribution in [1.29, 1.82) is 0 Å². The van der Waals surface area contributed by atoms with Gasteiger partial charge in [0.05, 0.1) is 5.69 Å². The van der Waals surface area contributed by atoms with E-state index >= 15 is 0 Å². The molecule has 16 heavy (non-hydrogen) atoms. The third kappa shape index (κ3) is 3.39. The Labute approximate surface area is 101 Å². The molecular weight excluding hydrogens is 218 g/mol. The second kappa shape index (κ2) is 6.11. The van der Waals surface area contributed by atoms with Crippen molar-refractivity contribution >= 4 is 17.4 Å². The summed E-state index contributed by atoms with van der Waals surface area (Å²) in [7, 11) is 0. The zero-order valence-corrected chi connectivity index (χ0v) is 10.3. The highest BCUT2D eigenvalue weighted by Crippen LogP contribution is 2.25. The van der Waals surface area contributed by atoms with E-state index in [1.807, 2.05) is 18.3 Å². The molecule has 0 amide bonds. The Hall–Kier alpha value is -0.740. The van der Waals surface area contributed by atoms with Crippen LogP contribution in [-0.4, -0.2) is 23.8 Å². The maximum atomic E-state index is 5.85. The Morgan fingerprint density at radius 1 is 1.44 bits per heavy atom. The largest absolute Gasteiger partial charge is 0.397 e. The van der Waals surface area contributed by atoms with Gasteiger partial charge < -0.3 is 11.1 Å². The molecule has 2 rings (SSSR count). The highest BCUT2D eigenvalue weighted by Gasteiger charge is 2.12. The van der Waals surface area contributed by atoms with Crippen molar-refractivity contribution in [2.24, 2.45) is 5.92 Å². The molecule has 0 radical (unpaired) electrons. The number of anilines is 1. The van der Waals surface area contributed by atoms with Crippen molar-refractivity contribution in [1.82, 2.24) is 10.3 Å². The molecule has 4 heteroatoms. The minimum absolute atomic E-state index is 0.804. The summed E-state index contributed by atoms with van der Waals surface area (Å²) < 4.78 is 0. The van der Waals surface area contributed by atoms with E-state index in [2.05, 4.69) is 10.3 Å². The van der Waals surface area contributed by atoms with Crippen molar-refractivity contribution in [2.75, 3.05) is 24.6 Å². The maximum absolute atomic E-state index is 5.85. The molecule has 1 saturated heterocycles. The Morgan fingerprint density at radius 3 is 3.00 bits per heavy atom. The topological polar surface area (TPSA) is 50.9 Å². The average Bonchev–Trinajstić information content (AvgIpc) is 2.33. The van der Waals surface area contributed by atoms with E-state index in [1.54, 1.807) is 11.8 Å². The van der Waals surface area contributed by atoms with Crippen LogP contribution >= 0.6 is 11.8 Å². The van der Waals surface area contributed by atoms with E-state index in [1.165, 1.54) is 32.4 Å². The molecule has 2 heterocycles. The lowest BCUT2D eigenvalue weighted by molar-refractivity contribution is 0.367. The SMILES string of the molecule is Nc1cccnc1SCCC1CCNCC1. The number of nitrogens with one attached hydrogen (secondary N) is 1. The second-order valence-corrected chi connectivity index (χ2v) is 5.31. The van der Waals surface area contributed by atoms with Gasteiger partial charge in [-0.2, -0.15) is 0 Å². The van der Waals surface area contributed by atoms with Crippen LogP contribution in [0.15, 0.2) is 23.4 Å². The van der Waals surface area contributed by atoms with E-state index < -0.39 is 0 Å². The fraction of sp³-hybridized carbons (Fsp3) is 0.583. The Bertz CT molecular complexity index is 324. The normalized spacial score (nSPS) is 17.5. The van der Waals surface area contributed by atoms with Gasteiger partial charge in [0.15, 0.2) is 0 Å². The number of rotatable bonds is 4. The molecule has 1 aliphatic heterocycles. The van der Waals surface area contributed by atoms with Crippen LogP contribution in [0.2, 0.25) is 0 Å². The van der Waals surface area contributed by atoms with Gasteiger partial charge in [-0.3, -0.25) is 0 Å². The zero-order valence-electron chi connectivity index (χ0n) is 9.48. The number of piperidine rings is 1. The van der Waals surface area contributed by atoms with Crippen molar-refractivity contribution in [3.05, 3.63) is 18.3 Å². The molecule has 1 aromatic heterocycles. The van der Waals surface area contributed by atoms with E-state index in [4.69, 9.17) is 5.73 Å². The maximum Gasteiger partial charge on any atom is 0.119 e. The quantitative estimate of drug-likeness (QED) is 0.788. The van der Waals surface area contributed by atoms with Gasteiger partial charge >= 0.3 is 0 Å². The summed E-state index contributed by atoms with van der Waals surface area (Å²) in [5.41, 5.74) is 6.65. The van der Waals surface area contributed by atoms with Crippen molar-refractivity contribution in [3.63, 3.8) is 0 Å². The predicted molar refractivity (Wildman–Crippen MR) is 69.6 cm³/mol. The van der Waals surface area contributed by atoms with Gasteiger partial charge in [-0.25, -0.2) is 4.98 Å². The molecule has 1 aromatic rings. The van der Waals surface area contributed by atoms with Gasteiger partial charge in [0.1, 0.15) is 5.03 Å². The minimum atomic E-state index is 0.804. The number of hydrogen-bond donors (Lipinski definition) is 2. The molecule has 0 aromatic carbocycles. The number of hydrogen-bond acceptors (Lipinski definition) is 4. The highest BCUT2D eigenvalue weighted by molar-refractivity contribution is 7.99. The molecule has 3 N–H and O–H groups in total. The predicted octanol–water partition coefficient (Wildman–Crippen LogP) is 2.15. The molecule has 1 fully saturated rings. The Balaban J connectivity index is 1.73. The van der Waals surface area contributed by atoms with Gasteiger partial charge in [-0.15, -0.1) is 11.8 Å². The van der Waals surface area contributed by atoms with Crippen molar-refractivity contribution < 1.29 is 0 Å². The van der Waals surface area contributed by atoms with Gasteiger partial charge in [-0.1, -0.05) is 0 Å². The zero-order chi connectivity index (χ0) is 11.2. The molecule has 0 aliphatic carbocycles. The van der Waals surface area contributed by atoms with Crippen molar-refractivity contribution in [2.45, 2.75) is 24.3 Å². The summed E-state index contributed by atoms with van der Waals surface area (Å²) in [5, 5.41) is 4.38. The van der Waals surface area contributed by atoms with Crippen LogP contribution in [0.3, 0.4) is 0 Å². The van der Waals surface area contributed by atoms with Crippen LogP contribution in [0.4, 0.5) is 5.69 Å². The first-order chi connectivity index (χ1) is 7.86. The molecule has 3 nitrogen and oxygen atoms in total. The molecule has 0 unspecified atom stereocenters. The van der Waals surface area contributed by atoms with Crippen LogP contribution in [0.5, 0.6) is 0 Å². The lowest BCUT2D eigenvalue weighted by Crippen LogP contribution is -2.27. The van der Waals surface area contributed by atoms with Gasteiger partial charge in [0, 0.05) is 6.20 Å². The number of nitrogens with two attached hydrogens (primary N) is 1. The fourth-order valence-corrected chi connectivity index (χ4v) is 3.03. The monoisotopic (exact) mass is 237 g/mol.